The molecular weight excluding hydrogens is 1190 g/mol. The van der Waals surface area contributed by atoms with E-state index in [1.165, 1.54) is 0 Å². The first-order valence-electron chi connectivity index (χ1n) is 30.4. The Morgan fingerprint density at radius 1 is 0.696 bits per heavy atom. The summed E-state index contributed by atoms with van der Waals surface area (Å²) >= 11 is 6.33. The summed E-state index contributed by atoms with van der Waals surface area (Å²) < 4.78 is 19.5. The number of unbranched alkanes of at least 4 members (excludes halogenated alkanes) is 1. The van der Waals surface area contributed by atoms with Gasteiger partial charge in [0.05, 0.1) is 68.9 Å². The fourth-order valence-electron chi connectivity index (χ4n) is 12.0. The zero-order valence-electron chi connectivity index (χ0n) is 50.7. The molecule has 2 aliphatic heterocycles. The number of esters is 2. The van der Waals surface area contributed by atoms with Gasteiger partial charge in [0.2, 0.25) is 11.1 Å². The highest BCUT2D eigenvalue weighted by Gasteiger charge is 2.45. The van der Waals surface area contributed by atoms with Crippen molar-refractivity contribution in [1.29, 1.82) is 0 Å². The summed E-state index contributed by atoms with van der Waals surface area (Å²) in [5, 5.41) is 24.4. The molecule has 0 bridgehead atoms. The zero-order chi connectivity index (χ0) is 63.7. The molecule has 7 aromatic heterocycles. The van der Waals surface area contributed by atoms with Gasteiger partial charge in [-0.05, 0) is 157 Å². The standard InChI is InChI=1S/C70H65ClN12O9/c1-3-56-57-34-54(23-24-61(57)77-64-58(56)44-82-62(64)35-60-59(66(82)84)45-91-68(86)70(60,87)4-2)92-67(85)49-21-19-46(20-22-49)39-81(65-63(83(88)89)36-76-69(71)78-65)29-13-14-30-90-55-32-47(37-79(40-50-15-5-9-25-72-50)41-51-16-6-10-26-73-51)31-48(33-55)38-80(42-52-17-7-11-27-74-52)43-53-18-8-12-28-75-53/h5-12,15-28,31-36,87H,3-4,13-14,29-30,37-45H2,1-2H3/t70-/m0/s1. The number of carbonyl (C=O) groups is 2. The summed E-state index contributed by atoms with van der Waals surface area (Å²) in [5.74, 6) is -0.381. The van der Waals surface area contributed by atoms with Gasteiger partial charge in [-0.15, -0.1) is 0 Å². The lowest BCUT2D eigenvalue weighted by Gasteiger charge is -2.31. The SMILES string of the molecule is CCc1c2c(nc3ccc(OC(=O)c4ccc(CN(CCCCOc5cc(CN(Cc6ccccn6)Cc6ccccn6)cc(CN(Cc6ccccn6)Cc6ccccn6)c5)c5nc(Cl)ncc5[N+](=O)[O-])cc4)cc13)-c1cc3c(c(=O)n1C2)COC(=O)[C@]3(O)CC. The number of aromatic nitrogens is 8. The summed E-state index contributed by atoms with van der Waals surface area (Å²) in [4.78, 5) is 90.7. The number of anilines is 1. The van der Waals surface area contributed by atoms with Crippen LogP contribution in [0.2, 0.25) is 5.28 Å². The highest BCUT2D eigenvalue weighted by molar-refractivity contribution is 6.28. The van der Waals surface area contributed by atoms with Crippen LogP contribution in [0.1, 0.15) is 105 Å². The molecule has 0 fully saturated rings. The average Bonchev–Trinajstić information content (AvgIpc) is 1.53. The third-order valence-corrected chi connectivity index (χ3v) is 16.7. The molecule has 0 radical (unpaired) electrons. The van der Waals surface area contributed by atoms with E-state index in [2.05, 4.69) is 57.9 Å². The van der Waals surface area contributed by atoms with Gasteiger partial charge in [-0.3, -0.25) is 44.6 Å². The van der Waals surface area contributed by atoms with Crippen LogP contribution >= 0.6 is 11.6 Å². The van der Waals surface area contributed by atoms with Crippen molar-refractivity contribution in [2.75, 3.05) is 18.1 Å². The van der Waals surface area contributed by atoms with E-state index in [0.29, 0.717) is 94.3 Å². The number of pyridine rings is 6. The van der Waals surface area contributed by atoms with Gasteiger partial charge in [-0.2, -0.15) is 4.98 Å². The number of benzene rings is 3. The van der Waals surface area contributed by atoms with E-state index in [9.17, 15) is 29.6 Å². The molecular formula is C70H65ClN12O9. The first kappa shape index (κ1) is 62.0. The topological polar surface area (TPSA) is 247 Å². The lowest BCUT2D eigenvalue weighted by molar-refractivity contribution is -0.384. The fraction of sp³-hybridized carbons (Fsp3) is 0.257. The molecule has 0 unspecified atom stereocenters. The summed E-state index contributed by atoms with van der Waals surface area (Å²) in [6.07, 6.45) is 10.0. The minimum absolute atomic E-state index is 0.0309. The fourth-order valence-corrected chi connectivity index (χ4v) is 12.2. The van der Waals surface area contributed by atoms with Crippen molar-refractivity contribution in [3.05, 3.63) is 264 Å². The molecule has 1 N–H and O–H groups in total. The Labute approximate surface area is 535 Å². The third kappa shape index (κ3) is 14.1. The monoisotopic (exact) mass is 1250 g/mol. The van der Waals surface area contributed by atoms with Gasteiger partial charge in [-0.25, -0.2) is 19.6 Å². The molecule has 12 rings (SSSR count). The minimum Gasteiger partial charge on any atom is -0.494 e. The van der Waals surface area contributed by atoms with E-state index < -0.39 is 22.5 Å². The maximum Gasteiger partial charge on any atom is 0.343 e. The highest BCUT2D eigenvalue weighted by Crippen LogP contribution is 2.41. The molecule has 0 saturated heterocycles. The number of aliphatic hydroxyl groups is 1. The van der Waals surface area contributed by atoms with E-state index in [0.717, 1.165) is 62.2 Å². The molecule has 0 spiro atoms. The molecule has 0 saturated carbocycles. The van der Waals surface area contributed by atoms with E-state index in [1.54, 1.807) is 89.7 Å². The maximum absolute atomic E-state index is 13.9. The van der Waals surface area contributed by atoms with Crippen LogP contribution in [0.5, 0.6) is 11.5 Å². The first-order chi connectivity index (χ1) is 44.8. The lowest BCUT2D eigenvalue weighted by atomic mass is 9.86. The van der Waals surface area contributed by atoms with Crippen LogP contribution in [0.4, 0.5) is 11.5 Å². The molecule has 1 atom stereocenters. The molecule has 2 aliphatic rings. The second-order valence-electron chi connectivity index (χ2n) is 22.8. The molecule has 9 heterocycles. The van der Waals surface area contributed by atoms with Crippen LogP contribution in [0, 0.1) is 10.1 Å². The molecule has 22 heteroatoms. The number of carbonyl (C=O) groups excluding carboxylic acids is 2. The number of hydrogen-bond donors (Lipinski definition) is 1. The van der Waals surface area contributed by atoms with Crippen molar-refractivity contribution in [2.45, 2.75) is 104 Å². The van der Waals surface area contributed by atoms with Gasteiger partial charge >= 0.3 is 17.6 Å². The normalized spacial score (nSPS) is 14.0. The van der Waals surface area contributed by atoms with Crippen molar-refractivity contribution >= 4 is 45.9 Å². The number of ether oxygens (including phenoxy) is 3. The Kier molecular flexibility index (Phi) is 18.8. The molecule has 0 aliphatic carbocycles. The number of nitro groups is 1. The van der Waals surface area contributed by atoms with Crippen molar-refractivity contribution in [2.24, 2.45) is 0 Å². The van der Waals surface area contributed by atoms with Crippen LogP contribution in [0.15, 0.2) is 175 Å². The smallest absolute Gasteiger partial charge is 0.343 e. The first-order valence-corrected chi connectivity index (χ1v) is 30.8. The largest absolute Gasteiger partial charge is 0.494 e. The number of hydrogen-bond acceptors (Lipinski definition) is 19. The van der Waals surface area contributed by atoms with E-state index in [4.69, 9.17) is 30.8 Å². The van der Waals surface area contributed by atoms with Crippen LogP contribution < -0.4 is 19.9 Å². The van der Waals surface area contributed by atoms with E-state index >= 15 is 0 Å². The van der Waals surface area contributed by atoms with Crippen LogP contribution in [0.3, 0.4) is 0 Å². The minimum atomic E-state index is -1.95. The van der Waals surface area contributed by atoms with Gasteiger partial charge in [0, 0.05) is 93.7 Å². The van der Waals surface area contributed by atoms with Gasteiger partial charge < -0.3 is 28.8 Å². The summed E-state index contributed by atoms with van der Waals surface area (Å²) in [5.41, 5.74) is 8.07. The van der Waals surface area contributed by atoms with Gasteiger partial charge in [0.15, 0.2) is 5.60 Å². The Morgan fingerprint density at radius 3 is 1.86 bits per heavy atom. The zero-order valence-corrected chi connectivity index (χ0v) is 51.5. The van der Waals surface area contributed by atoms with Crippen molar-refractivity contribution in [1.82, 2.24) is 49.3 Å². The van der Waals surface area contributed by atoms with Crippen LogP contribution in [-0.4, -0.2) is 84.4 Å². The summed E-state index contributed by atoms with van der Waals surface area (Å²) in [7, 11) is 0. The van der Waals surface area contributed by atoms with E-state index in [-0.39, 0.29) is 70.9 Å². The molecule has 21 nitrogen and oxygen atoms in total. The third-order valence-electron chi connectivity index (χ3n) is 16.5. The predicted octanol–water partition coefficient (Wildman–Crippen LogP) is 11.1. The second-order valence-corrected chi connectivity index (χ2v) is 23.1. The molecule has 3 aromatic carbocycles. The van der Waals surface area contributed by atoms with Crippen LogP contribution in [-0.2, 0) is 80.5 Å². The summed E-state index contributed by atoms with van der Waals surface area (Å²) in [6, 6.07) is 43.7. The predicted molar refractivity (Wildman–Crippen MR) is 344 cm³/mol. The van der Waals surface area contributed by atoms with Crippen molar-refractivity contribution < 1.29 is 33.8 Å². The van der Waals surface area contributed by atoms with Gasteiger partial charge in [0.1, 0.15) is 24.3 Å². The second kappa shape index (κ2) is 27.9. The lowest BCUT2D eigenvalue weighted by Crippen LogP contribution is -2.44. The molecule has 0 amide bonds. The Balaban J connectivity index is 0.749. The molecule has 466 valence electrons. The highest BCUT2D eigenvalue weighted by atomic mass is 35.5. The van der Waals surface area contributed by atoms with Crippen molar-refractivity contribution in [3.8, 4) is 22.9 Å². The number of fused-ring (bicyclic) bond motifs is 5. The Hall–Kier alpha value is -10.2. The quantitative estimate of drug-likeness (QED) is 0.0132. The Bertz CT molecular complexity index is 4190. The maximum atomic E-state index is 13.9. The number of nitrogens with zero attached hydrogens (tertiary/aromatic N) is 12. The van der Waals surface area contributed by atoms with E-state index in [1.807, 2.05) is 79.7 Å². The van der Waals surface area contributed by atoms with Crippen molar-refractivity contribution in [3.63, 3.8) is 0 Å². The number of halogens is 1. The number of rotatable bonds is 26. The van der Waals surface area contributed by atoms with Gasteiger partial charge in [0.25, 0.3) is 5.56 Å². The Morgan fingerprint density at radius 2 is 1.30 bits per heavy atom. The molecule has 10 aromatic rings. The molecule has 92 heavy (non-hydrogen) atoms. The number of cyclic esters (lactones) is 1. The van der Waals surface area contributed by atoms with Crippen LogP contribution in [0.25, 0.3) is 22.3 Å². The average molecular weight is 1250 g/mol. The summed E-state index contributed by atoms with van der Waals surface area (Å²) in [6.45, 7) is 7.96. The van der Waals surface area contributed by atoms with Gasteiger partial charge in [-0.1, -0.05) is 56.3 Å². The number of aryl methyl sites for hydroxylation is 1.